The Kier molecular flexibility index (Phi) is 7.52. The lowest BCUT2D eigenvalue weighted by Gasteiger charge is -2.20. The van der Waals surface area contributed by atoms with E-state index in [1.54, 1.807) is 0 Å². The fourth-order valence-corrected chi connectivity index (χ4v) is 3.20. The second-order valence-corrected chi connectivity index (χ2v) is 6.55. The molecular formula is C23H32NO. The molecule has 2 aromatic carbocycles. The topological polar surface area (TPSA) is 12.5 Å². The van der Waals surface area contributed by atoms with Crippen molar-refractivity contribution >= 4 is 0 Å². The van der Waals surface area contributed by atoms with Crippen LogP contribution in [0.5, 0.6) is 5.75 Å². The highest BCUT2D eigenvalue weighted by atomic mass is 16.5. The molecular weight excluding hydrogens is 306 g/mol. The average Bonchev–Trinajstić information content (AvgIpc) is 2.63. The van der Waals surface area contributed by atoms with Crippen LogP contribution in [-0.2, 0) is 0 Å². The molecule has 0 N–H and O–H groups in total. The Bertz CT molecular complexity index is 644. The number of likely N-dealkylation sites (N-methyl/N-ethyl adjacent to an activating group) is 1. The third kappa shape index (κ3) is 5.34. The molecule has 0 fully saturated rings. The molecule has 0 heterocycles. The summed E-state index contributed by atoms with van der Waals surface area (Å²) in [6.45, 7) is 14.8. The lowest BCUT2D eigenvalue weighted by atomic mass is 9.86. The van der Waals surface area contributed by atoms with Gasteiger partial charge in [0.2, 0.25) is 0 Å². The molecule has 135 valence electrons. The van der Waals surface area contributed by atoms with Gasteiger partial charge in [0.25, 0.3) is 0 Å². The molecule has 25 heavy (non-hydrogen) atoms. The standard InChI is InChI=1S/C23H32NO/c1-6-22(23-17-18(4)9-10-19(23)5)20-11-13-21(14-12-20)25-16-15-24(7-2)8-3/h9-14,17H,6-8,15-16H2,1-5H3. The molecule has 2 aromatic rings. The summed E-state index contributed by atoms with van der Waals surface area (Å²) < 4.78 is 5.91. The summed E-state index contributed by atoms with van der Waals surface area (Å²) in [5, 5.41) is 0. The van der Waals surface area contributed by atoms with Gasteiger partial charge in [0.1, 0.15) is 12.4 Å². The molecule has 0 aromatic heterocycles. The van der Waals surface area contributed by atoms with Gasteiger partial charge in [-0.25, -0.2) is 0 Å². The predicted molar refractivity (Wildman–Crippen MR) is 107 cm³/mol. The second kappa shape index (κ2) is 9.62. The van der Waals surface area contributed by atoms with Crippen LogP contribution in [0.4, 0.5) is 0 Å². The Morgan fingerprint density at radius 2 is 1.60 bits per heavy atom. The molecule has 0 atom stereocenters. The minimum absolute atomic E-state index is 0.738. The number of benzene rings is 2. The van der Waals surface area contributed by atoms with Gasteiger partial charge in [-0.15, -0.1) is 0 Å². The molecule has 0 aliphatic rings. The molecule has 0 saturated carbocycles. The van der Waals surface area contributed by atoms with Crippen LogP contribution in [0.1, 0.15) is 49.4 Å². The molecule has 1 radical (unpaired) electrons. The van der Waals surface area contributed by atoms with Crippen LogP contribution < -0.4 is 4.74 Å². The molecule has 2 rings (SSSR count). The van der Waals surface area contributed by atoms with Crippen molar-refractivity contribution in [3.8, 4) is 5.75 Å². The van der Waals surface area contributed by atoms with Crippen LogP contribution in [0.25, 0.3) is 0 Å². The summed E-state index contributed by atoms with van der Waals surface area (Å²) >= 11 is 0. The van der Waals surface area contributed by atoms with Crippen molar-refractivity contribution < 1.29 is 4.74 Å². The SMILES string of the molecule is CC[C](c1ccc(OCCN(CC)CC)cc1)c1cc(C)ccc1C. The maximum atomic E-state index is 5.91. The maximum absolute atomic E-state index is 5.91. The fourth-order valence-electron chi connectivity index (χ4n) is 3.20. The third-order valence-corrected chi connectivity index (χ3v) is 4.85. The summed E-state index contributed by atoms with van der Waals surface area (Å²) in [5.41, 5.74) is 5.29. The zero-order valence-electron chi connectivity index (χ0n) is 16.4. The van der Waals surface area contributed by atoms with E-state index >= 15 is 0 Å². The van der Waals surface area contributed by atoms with Crippen molar-refractivity contribution in [2.24, 2.45) is 0 Å². The van der Waals surface area contributed by atoms with Gasteiger partial charge in [-0.2, -0.15) is 0 Å². The summed E-state index contributed by atoms with van der Waals surface area (Å²) in [5.74, 6) is 2.35. The fraction of sp³-hybridized carbons (Fsp3) is 0.435. The smallest absolute Gasteiger partial charge is 0.119 e. The Morgan fingerprint density at radius 3 is 2.20 bits per heavy atom. The minimum Gasteiger partial charge on any atom is -0.492 e. The number of aryl methyl sites for hydroxylation is 2. The zero-order chi connectivity index (χ0) is 18.2. The van der Waals surface area contributed by atoms with Crippen LogP contribution in [0, 0.1) is 19.8 Å². The van der Waals surface area contributed by atoms with Crippen LogP contribution in [0.15, 0.2) is 42.5 Å². The number of nitrogens with zero attached hydrogens (tertiary/aromatic N) is 1. The van der Waals surface area contributed by atoms with E-state index in [-0.39, 0.29) is 0 Å². The van der Waals surface area contributed by atoms with E-state index in [9.17, 15) is 0 Å². The van der Waals surface area contributed by atoms with Gasteiger partial charge in [-0.3, -0.25) is 0 Å². The maximum Gasteiger partial charge on any atom is 0.119 e. The quantitative estimate of drug-likeness (QED) is 0.606. The first-order valence-corrected chi connectivity index (χ1v) is 9.48. The van der Waals surface area contributed by atoms with Gasteiger partial charge in [0.15, 0.2) is 0 Å². The molecule has 0 saturated heterocycles. The average molecular weight is 339 g/mol. The predicted octanol–water partition coefficient (Wildman–Crippen LogP) is 5.40. The lowest BCUT2D eigenvalue weighted by Crippen LogP contribution is -2.27. The van der Waals surface area contributed by atoms with Gasteiger partial charge in [0, 0.05) is 12.5 Å². The first kappa shape index (κ1) is 19.5. The molecule has 0 spiro atoms. The summed E-state index contributed by atoms with van der Waals surface area (Å²) in [4.78, 5) is 2.37. The number of hydrogen-bond acceptors (Lipinski definition) is 2. The van der Waals surface area contributed by atoms with Crippen LogP contribution in [-0.4, -0.2) is 31.1 Å². The minimum atomic E-state index is 0.738. The Labute approximate surface area is 153 Å². The zero-order valence-corrected chi connectivity index (χ0v) is 16.4. The molecule has 2 heteroatoms. The normalized spacial score (nSPS) is 11.3. The molecule has 0 bridgehead atoms. The van der Waals surface area contributed by atoms with Crippen LogP contribution in [0.2, 0.25) is 0 Å². The van der Waals surface area contributed by atoms with Gasteiger partial charge >= 0.3 is 0 Å². The first-order valence-electron chi connectivity index (χ1n) is 9.48. The van der Waals surface area contributed by atoms with Gasteiger partial charge in [0.05, 0.1) is 0 Å². The molecule has 0 unspecified atom stereocenters. The summed E-state index contributed by atoms with van der Waals surface area (Å²) in [6, 6.07) is 15.3. The van der Waals surface area contributed by atoms with E-state index in [1.807, 2.05) is 0 Å². The lowest BCUT2D eigenvalue weighted by molar-refractivity contribution is 0.223. The van der Waals surface area contributed by atoms with E-state index in [4.69, 9.17) is 4.74 Å². The van der Waals surface area contributed by atoms with E-state index < -0.39 is 0 Å². The molecule has 0 amide bonds. The monoisotopic (exact) mass is 338 g/mol. The largest absolute Gasteiger partial charge is 0.492 e. The highest BCUT2D eigenvalue weighted by Crippen LogP contribution is 2.30. The Hall–Kier alpha value is -1.80. The van der Waals surface area contributed by atoms with Gasteiger partial charge in [-0.1, -0.05) is 56.7 Å². The van der Waals surface area contributed by atoms with Crippen LogP contribution >= 0.6 is 0 Å². The van der Waals surface area contributed by atoms with Crippen LogP contribution in [0.3, 0.4) is 0 Å². The Morgan fingerprint density at radius 1 is 0.920 bits per heavy atom. The van der Waals surface area contributed by atoms with E-state index in [2.05, 4.69) is 82.0 Å². The molecule has 0 aliphatic carbocycles. The second-order valence-electron chi connectivity index (χ2n) is 6.55. The van der Waals surface area contributed by atoms with Crippen molar-refractivity contribution in [1.82, 2.24) is 4.90 Å². The number of rotatable bonds is 9. The van der Waals surface area contributed by atoms with Crippen molar-refractivity contribution in [2.45, 2.75) is 41.0 Å². The van der Waals surface area contributed by atoms with E-state index in [1.165, 1.54) is 28.2 Å². The van der Waals surface area contributed by atoms with E-state index in [0.717, 1.165) is 38.4 Å². The molecule has 2 nitrogen and oxygen atoms in total. The van der Waals surface area contributed by atoms with E-state index in [0.29, 0.717) is 0 Å². The van der Waals surface area contributed by atoms with Gasteiger partial charge < -0.3 is 9.64 Å². The van der Waals surface area contributed by atoms with Crippen molar-refractivity contribution in [2.75, 3.05) is 26.2 Å². The highest BCUT2D eigenvalue weighted by molar-refractivity contribution is 5.51. The first-order chi connectivity index (χ1) is 12.1. The third-order valence-electron chi connectivity index (χ3n) is 4.85. The number of hydrogen-bond donors (Lipinski definition) is 0. The van der Waals surface area contributed by atoms with Crippen molar-refractivity contribution in [3.63, 3.8) is 0 Å². The summed E-state index contributed by atoms with van der Waals surface area (Å²) in [6.07, 6.45) is 1.02. The summed E-state index contributed by atoms with van der Waals surface area (Å²) in [7, 11) is 0. The van der Waals surface area contributed by atoms with Crippen molar-refractivity contribution in [1.29, 1.82) is 0 Å². The molecule has 0 aliphatic heterocycles. The van der Waals surface area contributed by atoms with Crippen molar-refractivity contribution in [3.05, 3.63) is 70.6 Å². The van der Waals surface area contributed by atoms with Gasteiger partial charge in [-0.05, 0) is 62.2 Å². The Balaban J connectivity index is 2.06. The number of ether oxygens (including phenoxy) is 1. The highest BCUT2D eigenvalue weighted by Gasteiger charge is 2.15.